The molecule has 0 N–H and O–H groups in total. The summed E-state index contributed by atoms with van der Waals surface area (Å²) in [6, 6.07) is 51.5. The molecule has 14 rings (SSSR count). The molecule has 0 bridgehead atoms. The first-order valence-electron chi connectivity index (χ1n) is 25.5. The number of hydrogen-bond donors (Lipinski definition) is 0. The topological polar surface area (TPSA) is 32.8 Å². The van der Waals surface area contributed by atoms with Gasteiger partial charge in [0.05, 0.1) is 33.9 Å². The number of rotatable bonds is 8. The molecule has 2 aromatic heterocycles. The monoisotopic (exact) mass is 988 g/mol. The second-order valence-corrected chi connectivity index (χ2v) is 20.3. The summed E-state index contributed by atoms with van der Waals surface area (Å²) in [6.45, 7) is 0. The van der Waals surface area contributed by atoms with Crippen LogP contribution in [0, 0.1) is 0 Å². The van der Waals surface area contributed by atoms with Crippen molar-refractivity contribution in [1.82, 2.24) is 0 Å². The minimum Gasteiger partial charge on any atom is -0.454 e. The van der Waals surface area contributed by atoms with Crippen molar-refractivity contribution in [3.05, 3.63) is 192 Å². The number of fused-ring (bicyclic) bond motifs is 6. The maximum Gasteiger partial charge on any atom is 0.416 e. The van der Waals surface area contributed by atoms with E-state index in [0.717, 1.165) is 152 Å². The molecule has 0 spiro atoms. The molecule has 12 aromatic rings. The van der Waals surface area contributed by atoms with Gasteiger partial charge in [0.1, 0.15) is 11.2 Å². The molecule has 10 aromatic carbocycles. The molecule has 2 fully saturated rings. The zero-order valence-electron chi connectivity index (χ0n) is 40.0. The molecule has 2 saturated carbocycles. The number of hydrogen-bond acceptors (Lipinski definition) is 4. The third-order valence-corrected chi connectivity index (χ3v) is 16.1. The lowest BCUT2D eigenvalue weighted by Gasteiger charge is -2.29. The van der Waals surface area contributed by atoms with Gasteiger partial charge >= 0.3 is 12.4 Å². The molecule has 0 atom stereocenters. The Bertz CT molecular complexity index is 3870. The molecule has 0 amide bonds. The summed E-state index contributed by atoms with van der Waals surface area (Å²) in [7, 11) is 0. The molecule has 0 radical (unpaired) electrons. The van der Waals surface area contributed by atoms with Crippen molar-refractivity contribution >= 4 is 110 Å². The Hall–Kier alpha value is -7.98. The Balaban J connectivity index is 1.00. The fourth-order valence-electron chi connectivity index (χ4n) is 12.7. The fraction of sp³-hybridized carbons (Fsp3) is 0.188. The standard InChI is InChI=1S/C64H46F6N2O2/c65-63(66,67)41-25-29-43(30-26-41)71(55-19-7-17-49-47-15-5-13-45(37-9-1-2-10-37)59(47)73-61(49)55)53-35-23-39-22-34-52-54(36-24-40-21-33-51(53)57(39)58(40)52)72(44-31-27-42(28-32-44)64(68,69)70)56-20-8-18-50-48-16-6-14-46(38-11-3-4-12-38)60(48)74-62(50)56/h5-8,13-38H,1-4,9-12H2. The van der Waals surface area contributed by atoms with Gasteiger partial charge in [-0.25, -0.2) is 0 Å². The quantitative estimate of drug-likeness (QED) is 0.112. The van der Waals surface area contributed by atoms with E-state index in [-0.39, 0.29) is 0 Å². The van der Waals surface area contributed by atoms with Crippen molar-refractivity contribution in [2.45, 2.75) is 75.6 Å². The number of anilines is 6. The minimum atomic E-state index is -4.54. The molecule has 2 aliphatic rings. The van der Waals surface area contributed by atoms with Gasteiger partial charge in [-0.05, 0) is 143 Å². The Morgan fingerprint density at radius 2 is 0.689 bits per heavy atom. The SMILES string of the molecule is FC(F)(F)c1ccc(N(c2ccc3ccc4c(N(c5ccc(C(F)(F)F)cc5)c5cccc6c5oc5c(C7CCCC7)cccc56)ccc5ccc2c3c54)c2cccc3c2oc2c(C4CCCC4)cccc23)cc1. The first kappa shape index (κ1) is 44.7. The van der Waals surface area contributed by atoms with Gasteiger partial charge in [0.25, 0.3) is 0 Å². The summed E-state index contributed by atoms with van der Waals surface area (Å²) in [5.74, 6) is 0.764. The highest BCUT2D eigenvalue weighted by Gasteiger charge is 2.33. The van der Waals surface area contributed by atoms with Crippen LogP contribution in [0.2, 0.25) is 0 Å². The lowest BCUT2D eigenvalue weighted by molar-refractivity contribution is -0.138. The molecule has 2 aliphatic carbocycles. The first-order valence-corrected chi connectivity index (χ1v) is 25.5. The Labute approximate surface area is 421 Å². The molecule has 10 heteroatoms. The van der Waals surface area contributed by atoms with E-state index in [1.54, 1.807) is 0 Å². The number of benzene rings is 10. The van der Waals surface area contributed by atoms with Gasteiger partial charge < -0.3 is 18.6 Å². The summed E-state index contributed by atoms with van der Waals surface area (Å²) in [5, 5.41) is 9.22. The smallest absolute Gasteiger partial charge is 0.416 e. The number of para-hydroxylation sites is 4. The van der Waals surface area contributed by atoms with E-state index >= 15 is 0 Å². The summed E-state index contributed by atoms with van der Waals surface area (Å²) in [4.78, 5) is 4.01. The van der Waals surface area contributed by atoms with Gasteiger partial charge in [-0.3, -0.25) is 0 Å². The van der Waals surface area contributed by atoms with Crippen LogP contribution in [-0.2, 0) is 12.4 Å². The largest absolute Gasteiger partial charge is 0.454 e. The van der Waals surface area contributed by atoms with Crippen molar-refractivity contribution in [1.29, 1.82) is 0 Å². The van der Waals surface area contributed by atoms with Gasteiger partial charge in [0.15, 0.2) is 11.2 Å². The van der Waals surface area contributed by atoms with Gasteiger partial charge in [0, 0.05) is 43.7 Å². The number of nitrogens with zero attached hydrogens (tertiary/aromatic N) is 2. The van der Waals surface area contributed by atoms with E-state index in [1.807, 2.05) is 70.5 Å². The van der Waals surface area contributed by atoms with Crippen LogP contribution < -0.4 is 9.80 Å². The molecule has 4 nitrogen and oxygen atoms in total. The van der Waals surface area contributed by atoms with Gasteiger partial charge in [-0.2, -0.15) is 26.3 Å². The van der Waals surface area contributed by atoms with Crippen LogP contribution in [0.3, 0.4) is 0 Å². The highest BCUT2D eigenvalue weighted by atomic mass is 19.4. The second-order valence-electron chi connectivity index (χ2n) is 20.3. The summed E-state index contributed by atoms with van der Waals surface area (Å²) < 4.78 is 99.1. The van der Waals surface area contributed by atoms with Crippen molar-refractivity contribution in [2.75, 3.05) is 9.80 Å². The van der Waals surface area contributed by atoms with E-state index in [0.29, 0.717) is 45.8 Å². The highest BCUT2D eigenvalue weighted by molar-refractivity contribution is 6.29. The lowest BCUT2D eigenvalue weighted by Crippen LogP contribution is -2.13. The number of alkyl halides is 6. The second kappa shape index (κ2) is 16.8. The molecular formula is C64H46F6N2O2. The van der Waals surface area contributed by atoms with Gasteiger partial charge in [-0.1, -0.05) is 123 Å². The number of halogens is 6. The van der Waals surface area contributed by atoms with Crippen molar-refractivity contribution in [3.8, 4) is 0 Å². The Morgan fingerprint density at radius 1 is 0.338 bits per heavy atom. The van der Waals surface area contributed by atoms with Crippen LogP contribution in [0.4, 0.5) is 60.5 Å². The van der Waals surface area contributed by atoms with Crippen LogP contribution in [0.1, 0.15) is 85.5 Å². The number of furan rings is 2. The van der Waals surface area contributed by atoms with Crippen molar-refractivity contribution in [2.24, 2.45) is 0 Å². The molecule has 2 heterocycles. The zero-order valence-corrected chi connectivity index (χ0v) is 40.0. The fourth-order valence-corrected chi connectivity index (χ4v) is 12.7. The Kier molecular flexibility index (Phi) is 10.1. The van der Waals surface area contributed by atoms with Gasteiger partial charge in [-0.15, -0.1) is 0 Å². The van der Waals surface area contributed by atoms with E-state index in [2.05, 4.69) is 60.7 Å². The lowest BCUT2D eigenvalue weighted by atomic mass is 9.91. The summed E-state index contributed by atoms with van der Waals surface area (Å²) in [5.41, 5.74) is 7.62. The highest BCUT2D eigenvalue weighted by Crippen LogP contribution is 2.52. The average molecular weight is 989 g/mol. The van der Waals surface area contributed by atoms with E-state index in [9.17, 15) is 26.3 Å². The van der Waals surface area contributed by atoms with Gasteiger partial charge in [0.2, 0.25) is 0 Å². The van der Waals surface area contributed by atoms with Crippen LogP contribution in [-0.4, -0.2) is 0 Å². The van der Waals surface area contributed by atoms with Crippen LogP contribution in [0.5, 0.6) is 0 Å². The third kappa shape index (κ3) is 7.04. The Morgan fingerprint density at radius 3 is 1.07 bits per heavy atom. The zero-order chi connectivity index (χ0) is 50.0. The maximum absolute atomic E-state index is 14.2. The summed E-state index contributed by atoms with van der Waals surface area (Å²) >= 11 is 0. The maximum atomic E-state index is 14.2. The molecule has 0 unspecified atom stereocenters. The van der Waals surface area contributed by atoms with E-state index in [4.69, 9.17) is 8.83 Å². The van der Waals surface area contributed by atoms with Crippen LogP contribution >= 0.6 is 0 Å². The molecule has 0 saturated heterocycles. The molecule has 0 aliphatic heterocycles. The first-order chi connectivity index (χ1) is 36.0. The van der Waals surface area contributed by atoms with Crippen LogP contribution in [0.25, 0.3) is 76.2 Å². The summed E-state index contributed by atoms with van der Waals surface area (Å²) in [6.07, 6.45) is -0.0711. The minimum absolute atomic E-state index is 0.382. The van der Waals surface area contributed by atoms with E-state index in [1.165, 1.54) is 35.4 Å². The predicted octanol–water partition coefficient (Wildman–Crippen LogP) is 20.7. The van der Waals surface area contributed by atoms with Crippen molar-refractivity contribution in [3.63, 3.8) is 0 Å². The average Bonchev–Trinajstić information content (AvgIpc) is 4.28. The molecule has 366 valence electrons. The normalized spacial score (nSPS) is 15.2. The molecule has 74 heavy (non-hydrogen) atoms. The predicted molar refractivity (Wildman–Crippen MR) is 286 cm³/mol. The molecular weight excluding hydrogens is 943 g/mol. The van der Waals surface area contributed by atoms with Crippen molar-refractivity contribution < 1.29 is 35.2 Å². The third-order valence-electron chi connectivity index (χ3n) is 16.1. The van der Waals surface area contributed by atoms with Crippen LogP contribution in [0.15, 0.2) is 179 Å². The van der Waals surface area contributed by atoms with E-state index < -0.39 is 23.5 Å².